The summed E-state index contributed by atoms with van der Waals surface area (Å²) in [6.07, 6.45) is 9.26. The van der Waals surface area contributed by atoms with Gasteiger partial charge in [-0.2, -0.15) is 0 Å². The summed E-state index contributed by atoms with van der Waals surface area (Å²) in [7, 11) is 3.45. The van der Waals surface area contributed by atoms with Crippen LogP contribution in [0.1, 0.15) is 57.4 Å². The van der Waals surface area contributed by atoms with Gasteiger partial charge in [0.25, 0.3) is 0 Å². The lowest BCUT2D eigenvalue weighted by Gasteiger charge is -2.26. The van der Waals surface area contributed by atoms with E-state index in [9.17, 15) is 0 Å². The van der Waals surface area contributed by atoms with Gasteiger partial charge in [0, 0.05) is 24.3 Å². The van der Waals surface area contributed by atoms with Gasteiger partial charge in [-0.05, 0) is 36.8 Å². The lowest BCUT2D eigenvalue weighted by Crippen LogP contribution is -2.24. The first-order valence-corrected chi connectivity index (χ1v) is 10.3. The smallest absolute Gasteiger partial charge is 0.123 e. The van der Waals surface area contributed by atoms with Crippen LogP contribution in [-0.4, -0.2) is 20.8 Å². The van der Waals surface area contributed by atoms with E-state index in [1.54, 1.807) is 14.2 Å². The molecule has 3 heteroatoms. The van der Waals surface area contributed by atoms with E-state index >= 15 is 0 Å². The molecule has 0 spiro atoms. The molecule has 27 heavy (non-hydrogen) atoms. The predicted octanol–water partition coefficient (Wildman–Crippen LogP) is 6.46. The normalized spacial score (nSPS) is 10.6. The first-order valence-electron chi connectivity index (χ1n) is 10.3. The highest BCUT2D eigenvalue weighted by molar-refractivity contribution is 5.50. The summed E-state index contributed by atoms with van der Waals surface area (Å²) in [5.41, 5.74) is 2.45. The summed E-state index contributed by atoms with van der Waals surface area (Å²) in [6, 6.07) is 16.7. The SMILES string of the molecule is CCCCCCCCCN(Cc1ccccc1OC)c1ccc(OC)cc1. The molecule has 2 aromatic carbocycles. The standard InChI is InChI=1S/C24H35NO2/c1-4-5-6-7-8-9-12-19-25(22-15-17-23(26-2)18-16-22)20-21-13-10-11-14-24(21)27-3/h10-11,13-18H,4-9,12,19-20H2,1-3H3. The monoisotopic (exact) mass is 369 g/mol. The molecule has 2 aromatic rings. The van der Waals surface area contributed by atoms with Crippen molar-refractivity contribution in [2.75, 3.05) is 25.7 Å². The van der Waals surface area contributed by atoms with Crippen molar-refractivity contribution in [3.8, 4) is 11.5 Å². The molecule has 0 radical (unpaired) electrons. The molecule has 0 bridgehead atoms. The average molecular weight is 370 g/mol. The zero-order valence-corrected chi connectivity index (χ0v) is 17.2. The molecule has 0 amide bonds. The first-order chi connectivity index (χ1) is 13.3. The third-order valence-corrected chi connectivity index (χ3v) is 5.02. The molecular formula is C24H35NO2. The molecule has 0 aromatic heterocycles. The van der Waals surface area contributed by atoms with Crippen molar-refractivity contribution in [2.24, 2.45) is 0 Å². The van der Waals surface area contributed by atoms with E-state index in [-0.39, 0.29) is 0 Å². The summed E-state index contributed by atoms with van der Waals surface area (Å²) < 4.78 is 10.9. The number of benzene rings is 2. The van der Waals surface area contributed by atoms with Crippen molar-refractivity contribution >= 4 is 5.69 Å². The third kappa shape index (κ3) is 7.16. The van der Waals surface area contributed by atoms with Gasteiger partial charge in [-0.1, -0.05) is 63.6 Å². The molecule has 0 N–H and O–H groups in total. The number of para-hydroxylation sites is 1. The molecule has 0 aliphatic rings. The van der Waals surface area contributed by atoms with Crippen LogP contribution in [0.5, 0.6) is 11.5 Å². The second kappa shape index (κ2) is 12.3. The summed E-state index contributed by atoms with van der Waals surface area (Å²) in [6.45, 7) is 4.18. The van der Waals surface area contributed by atoms with Crippen LogP contribution in [0.2, 0.25) is 0 Å². The van der Waals surface area contributed by atoms with Crippen LogP contribution in [0.3, 0.4) is 0 Å². The molecule has 0 saturated heterocycles. The first kappa shape index (κ1) is 21.1. The number of hydrogen-bond acceptors (Lipinski definition) is 3. The Hall–Kier alpha value is -2.16. The fraction of sp³-hybridized carbons (Fsp3) is 0.500. The van der Waals surface area contributed by atoms with Gasteiger partial charge in [0.1, 0.15) is 11.5 Å². The van der Waals surface area contributed by atoms with Gasteiger partial charge >= 0.3 is 0 Å². The van der Waals surface area contributed by atoms with Crippen molar-refractivity contribution < 1.29 is 9.47 Å². The van der Waals surface area contributed by atoms with Crippen LogP contribution >= 0.6 is 0 Å². The molecule has 148 valence electrons. The van der Waals surface area contributed by atoms with Gasteiger partial charge in [0.05, 0.1) is 14.2 Å². The summed E-state index contributed by atoms with van der Waals surface area (Å²) in [5, 5.41) is 0. The predicted molar refractivity (Wildman–Crippen MR) is 115 cm³/mol. The topological polar surface area (TPSA) is 21.7 Å². The van der Waals surface area contributed by atoms with Crippen molar-refractivity contribution in [2.45, 2.75) is 58.4 Å². The largest absolute Gasteiger partial charge is 0.497 e. The number of ether oxygens (including phenoxy) is 2. The molecule has 0 saturated carbocycles. The van der Waals surface area contributed by atoms with Crippen molar-refractivity contribution in [3.63, 3.8) is 0 Å². The maximum Gasteiger partial charge on any atom is 0.123 e. The molecule has 0 fully saturated rings. The Morgan fingerprint density at radius 2 is 1.41 bits per heavy atom. The van der Waals surface area contributed by atoms with E-state index in [4.69, 9.17) is 9.47 Å². The highest BCUT2D eigenvalue weighted by atomic mass is 16.5. The van der Waals surface area contributed by atoms with Crippen molar-refractivity contribution in [1.82, 2.24) is 0 Å². The van der Waals surface area contributed by atoms with Gasteiger partial charge < -0.3 is 14.4 Å². The number of hydrogen-bond donors (Lipinski definition) is 0. The van der Waals surface area contributed by atoms with E-state index in [0.29, 0.717) is 0 Å². The number of unbranched alkanes of at least 4 members (excludes halogenated alkanes) is 6. The van der Waals surface area contributed by atoms with Crippen LogP contribution in [-0.2, 0) is 6.54 Å². The number of rotatable bonds is 13. The fourth-order valence-corrected chi connectivity index (χ4v) is 3.39. The zero-order valence-electron chi connectivity index (χ0n) is 17.2. The fourth-order valence-electron chi connectivity index (χ4n) is 3.39. The van der Waals surface area contributed by atoms with Crippen LogP contribution in [0, 0.1) is 0 Å². The minimum Gasteiger partial charge on any atom is -0.497 e. The summed E-state index contributed by atoms with van der Waals surface area (Å²) in [4.78, 5) is 2.45. The Morgan fingerprint density at radius 1 is 0.741 bits per heavy atom. The highest BCUT2D eigenvalue weighted by Gasteiger charge is 2.11. The van der Waals surface area contributed by atoms with Gasteiger partial charge in [0.15, 0.2) is 0 Å². The summed E-state index contributed by atoms with van der Waals surface area (Å²) in [5.74, 6) is 1.85. The Bertz CT molecular complexity index is 639. The van der Waals surface area contributed by atoms with E-state index in [2.05, 4.69) is 36.1 Å². The summed E-state index contributed by atoms with van der Waals surface area (Å²) >= 11 is 0. The minimum absolute atomic E-state index is 0.853. The molecule has 0 atom stereocenters. The van der Waals surface area contributed by atoms with Gasteiger partial charge in [-0.15, -0.1) is 0 Å². The Morgan fingerprint density at radius 3 is 2.07 bits per heavy atom. The molecule has 0 aliphatic heterocycles. The van der Waals surface area contributed by atoms with Crippen LogP contribution in [0.4, 0.5) is 5.69 Å². The molecule has 3 nitrogen and oxygen atoms in total. The molecule has 0 unspecified atom stereocenters. The van der Waals surface area contributed by atoms with Crippen molar-refractivity contribution in [3.05, 3.63) is 54.1 Å². The number of methoxy groups -OCH3 is 2. The lowest BCUT2D eigenvalue weighted by molar-refractivity contribution is 0.409. The van der Waals surface area contributed by atoms with Gasteiger partial charge in [0.2, 0.25) is 0 Å². The maximum atomic E-state index is 5.55. The Kier molecular flexibility index (Phi) is 9.61. The van der Waals surface area contributed by atoms with Gasteiger partial charge in [-0.3, -0.25) is 0 Å². The molecule has 0 heterocycles. The molecular weight excluding hydrogens is 334 g/mol. The van der Waals surface area contributed by atoms with Crippen LogP contribution in [0.25, 0.3) is 0 Å². The lowest BCUT2D eigenvalue weighted by atomic mass is 10.1. The minimum atomic E-state index is 0.853. The van der Waals surface area contributed by atoms with E-state index in [1.165, 1.54) is 56.2 Å². The van der Waals surface area contributed by atoms with E-state index in [0.717, 1.165) is 24.6 Å². The molecule has 0 aliphatic carbocycles. The van der Waals surface area contributed by atoms with Crippen LogP contribution in [0.15, 0.2) is 48.5 Å². The van der Waals surface area contributed by atoms with Gasteiger partial charge in [-0.25, -0.2) is 0 Å². The van der Waals surface area contributed by atoms with E-state index in [1.807, 2.05) is 24.3 Å². The molecule has 2 rings (SSSR count). The van der Waals surface area contributed by atoms with Crippen molar-refractivity contribution in [1.29, 1.82) is 0 Å². The second-order valence-electron chi connectivity index (χ2n) is 7.05. The Labute approximate surface area is 165 Å². The Balaban J connectivity index is 1.99. The number of nitrogens with zero attached hydrogens (tertiary/aromatic N) is 1. The van der Waals surface area contributed by atoms with Crippen LogP contribution < -0.4 is 14.4 Å². The second-order valence-corrected chi connectivity index (χ2v) is 7.05. The highest BCUT2D eigenvalue weighted by Crippen LogP contribution is 2.25. The maximum absolute atomic E-state index is 5.55. The number of anilines is 1. The van der Waals surface area contributed by atoms with E-state index < -0.39 is 0 Å². The zero-order chi connectivity index (χ0) is 19.3. The average Bonchev–Trinajstić information content (AvgIpc) is 2.72. The third-order valence-electron chi connectivity index (χ3n) is 5.02. The quantitative estimate of drug-likeness (QED) is 0.378.